The average molecular weight is 306 g/mol. The van der Waals surface area contributed by atoms with Gasteiger partial charge in [0, 0.05) is 5.56 Å². The minimum absolute atomic E-state index is 0.163. The van der Waals surface area contributed by atoms with E-state index in [9.17, 15) is 4.79 Å². The predicted molar refractivity (Wildman–Crippen MR) is 73.5 cm³/mol. The van der Waals surface area contributed by atoms with Crippen molar-refractivity contribution in [1.82, 2.24) is 9.97 Å². The Labute approximate surface area is 114 Å². The van der Waals surface area contributed by atoms with Crippen LogP contribution >= 0.6 is 15.9 Å². The fraction of sp³-hybridized carbons (Fsp3) is 0.154. The Morgan fingerprint density at radius 1 is 1.28 bits per heavy atom. The van der Waals surface area contributed by atoms with Gasteiger partial charge in [-0.15, -0.1) is 0 Å². The molecule has 2 rings (SSSR count). The van der Waals surface area contributed by atoms with Crippen LogP contribution in [-0.2, 0) is 6.42 Å². The number of aryl methyl sites for hydroxylation is 1. The van der Waals surface area contributed by atoms with E-state index in [2.05, 4.69) is 31.2 Å². The van der Waals surface area contributed by atoms with Gasteiger partial charge in [0.2, 0.25) is 0 Å². The van der Waals surface area contributed by atoms with E-state index >= 15 is 0 Å². The summed E-state index contributed by atoms with van der Waals surface area (Å²) in [5, 5.41) is 2.73. The molecule has 1 amide bonds. The van der Waals surface area contributed by atoms with Gasteiger partial charge in [0.25, 0.3) is 5.91 Å². The molecule has 0 bridgehead atoms. The van der Waals surface area contributed by atoms with Crippen LogP contribution in [0.15, 0.2) is 41.3 Å². The van der Waals surface area contributed by atoms with E-state index in [1.54, 1.807) is 12.3 Å². The first-order valence-electron chi connectivity index (χ1n) is 5.57. The number of hydrogen-bond donors (Lipinski definition) is 1. The minimum atomic E-state index is -0.163. The lowest BCUT2D eigenvalue weighted by molar-refractivity contribution is 0.102. The van der Waals surface area contributed by atoms with Crippen molar-refractivity contribution >= 4 is 27.7 Å². The van der Waals surface area contributed by atoms with Gasteiger partial charge in [-0.2, -0.15) is 0 Å². The lowest BCUT2D eigenvalue weighted by Crippen LogP contribution is -2.15. The molecule has 0 atom stereocenters. The van der Waals surface area contributed by atoms with E-state index in [0.717, 1.165) is 12.0 Å². The summed E-state index contributed by atoms with van der Waals surface area (Å²) in [6.07, 6.45) is 3.87. The lowest BCUT2D eigenvalue weighted by atomic mass is 10.0. The molecule has 0 saturated heterocycles. The van der Waals surface area contributed by atoms with Crippen molar-refractivity contribution in [3.8, 4) is 0 Å². The SMILES string of the molecule is CCc1ccccc1C(=O)Nc1cnc(Br)cn1. The number of nitrogens with zero attached hydrogens (tertiary/aromatic N) is 2. The number of anilines is 1. The van der Waals surface area contributed by atoms with Crippen molar-refractivity contribution < 1.29 is 4.79 Å². The Hall–Kier alpha value is -1.75. The molecular formula is C13H12BrN3O. The van der Waals surface area contributed by atoms with Crippen LogP contribution in [0.25, 0.3) is 0 Å². The standard InChI is InChI=1S/C13H12BrN3O/c1-2-9-5-3-4-6-10(9)13(18)17-12-8-15-11(14)7-16-12/h3-8H,2H2,1H3,(H,16,17,18). The van der Waals surface area contributed by atoms with E-state index in [1.165, 1.54) is 6.20 Å². The zero-order chi connectivity index (χ0) is 13.0. The summed E-state index contributed by atoms with van der Waals surface area (Å²) in [4.78, 5) is 20.2. The number of nitrogens with one attached hydrogen (secondary N) is 1. The van der Waals surface area contributed by atoms with Crippen LogP contribution in [0.4, 0.5) is 5.82 Å². The first-order chi connectivity index (χ1) is 8.70. The molecule has 2 aromatic rings. The number of aromatic nitrogens is 2. The van der Waals surface area contributed by atoms with Crippen molar-refractivity contribution in [2.45, 2.75) is 13.3 Å². The second kappa shape index (κ2) is 5.73. The molecule has 18 heavy (non-hydrogen) atoms. The fourth-order valence-corrected chi connectivity index (χ4v) is 1.82. The summed E-state index contributed by atoms with van der Waals surface area (Å²) in [5.41, 5.74) is 1.68. The number of amides is 1. The maximum Gasteiger partial charge on any atom is 0.257 e. The number of hydrogen-bond acceptors (Lipinski definition) is 3. The van der Waals surface area contributed by atoms with Crippen LogP contribution in [0.5, 0.6) is 0 Å². The molecule has 0 aliphatic carbocycles. The number of halogens is 1. The molecule has 0 aliphatic heterocycles. The predicted octanol–water partition coefficient (Wildman–Crippen LogP) is 3.05. The Balaban J connectivity index is 2.19. The molecule has 92 valence electrons. The third kappa shape index (κ3) is 2.92. The number of carbonyl (C=O) groups excluding carboxylic acids is 1. The highest BCUT2D eigenvalue weighted by Gasteiger charge is 2.10. The molecular weight excluding hydrogens is 294 g/mol. The summed E-state index contributed by atoms with van der Waals surface area (Å²) >= 11 is 3.19. The lowest BCUT2D eigenvalue weighted by Gasteiger charge is -2.07. The van der Waals surface area contributed by atoms with Crippen LogP contribution in [0.1, 0.15) is 22.8 Å². The minimum Gasteiger partial charge on any atom is -0.305 e. The molecule has 1 aromatic heterocycles. The first-order valence-corrected chi connectivity index (χ1v) is 6.37. The molecule has 0 unspecified atom stereocenters. The van der Waals surface area contributed by atoms with Crippen LogP contribution in [0.2, 0.25) is 0 Å². The van der Waals surface area contributed by atoms with Crippen molar-refractivity contribution in [3.05, 3.63) is 52.4 Å². The van der Waals surface area contributed by atoms with Crippen molar-refractivity contribution in [2.24, 2.45) is 0 Å². The molecule has 1 heterocycles. The highest BCUT2D eigenvalue weighted by Crippen LogP contribution is 2.12. The summed E-state index contributed by atoms with van der Waals surface area (Å²) < 4.78 is 0.634. The third-order valence-electron chi connectivity index (χ3n) is 2.50. The highest BCUT2D eigenvalue weighted by molar-refractivity contribution is 9.10. The molecule has 4 nitrogen and oxygen atoms in total. The van der Waals surface area contributed by atoms with Gasteiger partial charge in [-0.25, -0.2) is 9.97 Å². The van der Waals surface area contributed by atoms with Gasteiger partial charge in [0.15, 0.2) is 5.82 Å². The van der Waals surface area contributed by atoms with Crippen LogP contribution in [0.3, 0.4) is 0 Å². The maximum absolute atomic E-state index is 12.1. The normalized spacial score (nSPS) is 10.1. The molecule has 0 aliphatic rings. The molecule has 0 saturated carbocycles. The van der Waals surface area contributed by atoms with Gasteiger partial charge in [-0.3, -0.25) is 4.79 Å². The van der Waals surface area contributed by atoms with Gasteiger partial charge >= 0.3 is 0 Å². The Bertz CT molecular complexity index is 554. The Morgan fingerprint density at radius 3 is 2.72 bits per heavy atom. The van der Waals surface area contributed by atoms with Crippen LogP contribution in [0, 0.1) is 0 Å². The van der Waals surface area contributed by atoms with Crippen LogP contribution < -0.4 is 5.32 Å². The van der Waals surface area contributed by atoms with Gasteiger partial charge in [-0.1, -0.05) is 25.1 Å². The van der Waals surface area contributed by atoms with Crippen molar-refractivity contribution in [2.75, 3.05) is 5.32 Å². The summed E-state index contributed by atoms with van der Waals surface area (Å²) in [6, 6.07) is 7.53. The highest BCUT2D eigenvalue weighted by atomic mass is 79.9. The quantitative estimate of drug-likeness (QED) is 0.948. The molecule has 1 N–H and O–H groups in total. The second-order valence-electron chi connectivity index (χ2n) is 3.69. The Morgan fingerprint density at radius 2 is 2.06 bits per heavy atom. The average Bonchev–Trinajstić information content (AvgIpc) is 2.41. The van der Waals surface area contributed by atoms with E-state index in [4.69, 9.17) is 0 Å². The van der Waals surface area contributed by atoms with Gasteiger partial charge in [0.1, 0.15) is 4.60 Å². The fourth-order valence-electron chi connectivity index (χ4n) is 1.61. The topological polar surface area (TPSA) is 54.9 Å². The van der Waals surface area contributed by atoms with Gasteiger partial charge in [-0.05, 0) is 34.0 Å². The van der Waals surface area contributed by atoms with Gasteiger partial charge in [0.05, 0.1) is 12.4 Å². The second-order valence-corrected chi connectivity index (χ2v) is 4.50. The zero-order valence-corrected chi connectivity index (χ0v) is 11.4. The van der Waals surface area contributed by atoms with E-state index in [-0.39, 0.29) is 5.91 Å². The van der Waals surface area contributed by atoms with Crippen LogP contribution in [-0.4, -0.2) is 15.9 Å². The maximum atomic E-state index is 12.1. The molecule has 0 fully saturated rings. The summed E-state index contributed by atoms with van der Waals surface area (Å²) in [6.45, 7) is 2.02. The van der Waals surface area contributed by atoms with Gasteiger partial charge < -0.3 is 5.32 Å². The molecule has 0 radical (unpaired) electrons. The molecule has 1 aromatic carbocycles. The molecule has 5 heteroatoms. The first kappa shape index (κ1) is 12.7. The summed E-state index contributed by atoms with van der Waals surface area (Å²) in [7, 11) is 0. The zero-order valence-electron chi connectivity index (χ0n) is 9.85. The third-order valence-corrected chi connectivity index (χ3v) is 2.91. The Kier molecular flexibility index (Phi) is 4.04. The summed E-state index contributed by atoms with van der Waals surface area (Å²) in [5.74, 6) is 0.276. The number of benzene rings is 1. The number of rotatable bonds is 3. The number of carbonyl (C=O) groups is 1. The smallest absolute Gasteiger partial charge is 0.257 e. The van der Waals surface area contributed by atoms with Crippen molar-refractivity contribution in [3.63, 3.8) is 0 Å². The molecule has 0 spiro atoms. The van der Waals surface area contributed by atoms with E-state index < -0.39 is 0 Å². The van der Waals surface area contributed by atoms with Crippen molar-refractivity contribution in [1.29, 1.82) is 0 Å². The largest absolute Gasteiger partial charge is 0.305 e. The monoisotopic (exact) mass is 305 g/mol. The van der Waals surface area contributed by atoms with E-state index in [0.29, 0.717) is 16.0 Å². The van der Waals surface area contributed by atoms with E-state index in [1.807, 2.05) is 25.1 Å².